The van der Waals surface area contributed by atoms with E-state index in [-0.39, 0.29) is 5.41 Å². The van der Waals surface area contributed by atoms with Gasteiger partial charge in [0.1, 0.15) is 5.82 Å². The molecule has 0 unspecified atom stereocenters. The number of pyridine rings is 1. The van der Waals surface area contributed by atoms with Gasteiger partial charge in [0.2, 0.25) is 0 Å². The number of rotatable bonds is 9. The van der Waals surface area contributed by atoms with Crippen LogP contribution in [0, 0.1) is 5.41 Å². The van der Waals surface area contributed by atoms with Crippen LogP contribution < -0.4 is 10.2 Å². The molecule has 1 aromatic carbocycles. The third-order valence-corrected chi connectivity index (χ3v) is 9.32. The summed E-state index contributed by atoms with van der Waals surface area (Å²) in [5.41, 5.74) is 6.86. The summed E-state index contributed by atoms with van der Waals surface area (Å²) in [6.07, 6.45) is 13.0. The van der Waals surface area contributed by atoms with Crippen molar-refractivity contribution in [2.75, 3.05) is 36.9 Å². The molecule has 5 rings (SSSR count). The van der Waals surface area contributed by atoms with Gasteiger partial charge in [-0.2, -0.15) is 0 Å². The number of nitrogens with zero attached hydrogens (tertiary/aromatic N) is 3. The molecule has 5 heteroatoms. The summed E-state index contributed by atoms with van der Waals surface area (Å²) in [5, 5.41) is 4.34. The van der Waals surface area contributed by atoms with Crippen molar-refractivity contribution >= 4 is 23.1 Å². The minimum Gasteiger partial charge on any atom is -0.358 e. The number of hydrogen-bond donors (Lipinski definition) is 1. The van der Waals surface area contributed by atoms with Gasteiger partial charge >= 0.3 is 0 Å². The SMILES string of the molecule is C=CCCc1cc(CCCN2CCC3(CC2)C(=C)Nc2ccc(Cl)cc23)cnc1N(C)C1CC(C)(C)C1. The summed E-state index contributed by atoms with van der Waals surface area (Å²) in [6.45, 7) is 16.4. The molecule has 4 nitrogen and oxygen atoms in total. The lowest BCUT2D eigenvalue weighted by Gasteiger charge is -2.47. The number of aromatic nitrogens is 1. The lowest BCUT2D eigenvalue weighted by Crippen LogP contribution is -2.47. The Morgan fingerprint density at radius 1 is 1.19 bits per heavy atom. The third kappa shape index (κ3) is 5.33. The second-order valence-corrected chi connectivity index (χ2v) is 12.7. The molecule has 1 spiro atoms. The first-order chi connectivity index (χ1) is 17.7. The van der Waals surface area contributed by atoms with Gasteiger partial charge in [-0.15, -0.1) is 6.58 Å². The summed E-state index contributed by atoms with van der Waals surface area (Å²) in [6, 6.07) is 9.21. The second-order valence-electron chi connectivity index (χ2n) is 12.3. The van der Waals surface area contributed by atoms with Gasteiger partial charge in [0.15, 0.2) is 0 Å². The fourth-order valence-electron chi connectivity index (χ4n) is 6.81. The van der Waals surface area contributed by atoms with E-state index in [4.69, 9.17) is 16.6 Å². The van der Waals surface area contributed by atoms with E-state index in [2.05, 4.69) is 73.6 Å². The first kappa shape index (κ1) is 26.3. The molecule has 1 N–H and O–H groups in total. The number of nitrogens with one attached hydrogen (secondary N) is 1. The molecule has 0 amide bonds. The Hall–Kier alpha value is -2.30. The fourth-order valence-corrected chi connectivity index (χ4v) is 6.99. The van der Waals surface area contributed by atoms with Crippen LogP contribution in [0.15, 0.2) is 55.4 Å². The van der Waals surface area contributed by atoms with E-state index in [1.54, 1.807) is 0 Å². The smallest absolute Gasteiger partial charge is 0.131 e. The maximum Gasteiger partial charge on any atom is 0.131 e. The quantitative estimate of drug-likeness (QED) is 0.351. The van der Waals surface area contributed by atoms with Crippen LogP contribution in [0.5, 0.6) is 0 Å². The lowest BCUT2D eigenvalue weighted by molar-refractivity contribution is 0.150. The molecule has 1 aliphatic carbocycles. The Bertz CT molecular complexity index is 1150. The molecule has 3 heterocycles. The predicted molar refractivity (Wildman–Crippen MR) is 158 cm³/mol. The number of aryl methyl sites for hydroxylation is 2. The average molecular weight is 519 g/mol. The maximum absolute atomic E-state index is 6.35. The summed E-state index contributed by atoms with van der Waals surface area (Å²) in [5.74, 6) is 1.17. The minimum absolute atomic E-state index is 0.0260. The Balaban J connectivity index is 1.17. The molecule has 0 radical (unpaired) electrons. The Labute approximate surface area is 228 Å². The van der Waals surface area contributed by atoms with Crippen LogP contribution in [0.1, 0.15) is 69.1 Å². The van der Waals surface area contributed by atoms with Crippen LogP contribution in [0.25, 0.3) is 0 Å². The monoisotopic (exact) mass is 518 g/mol. The zero-order chi connectivity index (χ0) is 26.2. The van der Waals surface area contributed by atoms with Crippen molar-refractivity contribution in [3.05, 3.63) is 77.1 Å². The van der Waals surface area contributed by atoms with E-state index in [1.165, 1.54) is 41.0 Å². The van der Waals surface area contributed by atoms with Crippen molar-refractivity contribution in [1.29, 1.82) is 0 Å². The van der Waals surface area contributed by atoms with E-state index < -0.39 is 0 Å². The molecular formula is C32H43ClN4. The standard InChI is InChI=1S/C32H43ClN4/c1-6-7-10-25-18-24(22-34-30(25)36(5)27-20-31(3,4)21-27)9-8-15-37-16-13-32(14-17-37)23(2)35-29-12-11-26(33)19-28(29)32/h6,11-12,18-19,22,27,35H,1-2,7-10,13-17,20-21H2,3-5H3. The maximum atomic E-state index is 6.35. The predicted octanol–water partition coefficient (Wildman–Crippen LogP) is 7.38. The van der Waals surface area contributed by atoms with Crippen LogP contribution >= 0.6 is 11.6 Å². The minimum atomic E-state index is 0.0260. The number of anilines is 2. The highest BCUT2D eigenvalue weighted by molar-refractivity contribution is 6.30. The van der Waals surface area contributed by atoms with E-state index >= 15 is 0 Å². The molecule has 37 heavy (non-hydrogen) atoms. The van der Waals surface area contributed by atoms with Gasteiger partial charge < -0.3 is 15.1 Å². The molecule has 1 aromatic heterocycles. The number of fused-ring (bicyclic) bond motifs is 2. The average Bonchev–Trinajstić information content (AvgIpc) is 3.12. The summed E-state index contributed by atoms with van der Waals surface area (Å²) in [4.78, 5) is 10.0. The van der Waals surface area contributed by atoms with Crippen LogP contribution in [0.2, 0.25) is 5.02 Å². The lowest BCUT2D eigenvalue weighted by atomic mass is 9.68. The van der Waals surface area contributed by atoms with Gasteiger partial charge in [-0.25, -0.2) is 4.98 Å². The van der Waals surface area contributed by atoms with E-state index in [9.17, 15) is 0 Å². The normalized spacial score (nSPS) is 20.4. The van der Waals surface area contributed by atoms with E-state index in [0.717, 1.165) is 68.9 Å². The van der Waals surface area contributed by atoms with Crippen LogP contribution in [0.3, 0.4) is 0 Å². The molecule has 3 aliphatic rings. The topological polar surface area (TPSA) is 31.4 Å². The number of halogens is 1. The van der Waals surface area contributed by atoms with Crippen molar-refractivity contribution in [2.45, 2.75) is 76.7 Å². The number of likely N-dealkylation sites (tertiary alicyclic amines) is 1. The van der Waals surface area contributed by atoms with Crippen molar-refractivity contribution in [3.8, 4) is 0 Å². The first-order valence-corrected chi connectivity index (χ1v) is 14.4. The molecule has 1 saturated carbocycles. The molecule has 0 bridgehead atoms. The third-order valence-electron chi connectivity index (χ3n) is 9.09. The van der Waals surface area contributed by atoms with Gasteiger partial charge in [-0.1, -0.05) is 44.2 Å². The molecule has 2 aromatic rings. The first-order valence-electron chi connectivity index (χ1n) is 14.0. The van der Waals surface area contributed by atoms with Gasteiger partial charge in [0.05, 0.1) is 0 Å². The summed E-state index contributed by atoms with van der Waals surface area (Å²) < 4.78 is 0. The van der Waals surface area contributed by atoms with Crippen molar-refractivity contribution in [1.82, 2.24) is 9.88 Å². The van der Waals surface area contributed by atoms with Gasteiger partial charge in [0.25, 0.3) is 0 Å². The van der Waals surface area contributed by atoms with Gasteiger partial charge in [0, 0.05) is 41.1 Å². The van der Waals surface area contributed by atoms with E-state index in [0.29, 0.717) is 11.5 Å². The summed E-state index contributed by atoms with van der Waals surface area (Å²) >= 11 is 6.35. The Kier molecular flexibility index (Phi) is 7.44. The highest BCUT2D eigenvalue weighted by Crippen LogP contribution is 2.50. The molecule has 2 aliphatic heterocycles. The zero-order valence-electron chi connectivity index (χ0n) is 23.0. The van der Waals surface area contributed by atoms with Crippen molar-refractivity contribution in [2.24, 2.45) is 5.41 Å². The Morgan fingerprint density at radius 3 is 2.65 bits per heavy atom. The Morgan fingerprint density at radius 2 is 1.95 bits per heavy atom. The largest absolute Gasteiger partial charge is 0.358 e. The molecule has 0 atom stereocenters. The number of benzene rings is 1. The fraction of sp³-hybridized carbons (Fsp3) is 0.531. The number of allylic oxidation sites excluding steroid dienone is 2. The summed E-state index contributed by atoms with van der Waals surface area (Å²) in [7, 11) is 2.23. The highest BCUT2D eigenvalue weighted by atomic mass is 35.5. The van der Waals surface area contributed by atoms with Crippen molar-refractivity contribution < 1.29 is 0 Å². The second kappa shape index (κ2) is 10.5. The van der Waals surface area contributed by atoms with E-state index in [1.807, 2.05) is 12.1 Å². The highest BCUT2D eigenvalue weighted by Gasteiger charge is 2.44. The number of piperidine rings is 1. The van der Waals surface area contributed by atoms with Gasteiger partial charge in [-0.05, 0) is 111 Å². The van der Waals surface area contributed by atoms with Crippen LogP contribution in [-0.2, 0) is 18.3 Å². The molecule has 2 fully saturated rings. The van der Waals surface area contributed by atoms with Gasteiger partial charge in [-0.3, -0.25) is 0 Å². The zero-order valence-corrected chi connectivity index (χ0v) is 23.7. The van der Waals surface area contributed by atoms with Crippen molar-refractivity contribution in [3.63, 3.8) is 0 Å². The molecule has 198 valence electrons. The molecule has 1 saturated heterocycles. The molecular weight excluding hydrogens is 476 g/mol. The van der Waals surface area contributed by atoms with Crippen LogP contribution in [0.4, 0.5) is 11.5 Å². The number of hydrogen-bond acceptors (Lipinski definition) is 4. The van der Waals surface area contributed by atoms with Crippen LogP contribution in [-0.4, -0.2) is 42.6 Å².